The first kappa shape index (κ1) is 34.7. The summed E-state index contributed by atoms with van der Waals surface area (Å²) in [5, 5.41) is 17.5. The molecule has 224 valence electrons. The van der Waals surface area contributed by atoms with Crippen LogP contribution in [0.25, 0.3) is 0 Å². The van der Waals surface area contributed by atoms with Gasteiger partial charge in [0.05, 0.1) is 6.04 Å². The lowest BCUT2D eigenvalue weighted by Crippen LogP contribution is -2.57. The Morgan fingerprint density at radius 1 is 0.875 bits per heavy atom. The van der Waals surface area contributed by atoms with Gasteiger partial charge in [0, 0.05) is 13.0 Å². The maximum absolute atomic E-state index is 13.5. The number of unbranched alkanes of at least 4 members (excludes halogenated alkanes) is 1. The van der Waals surface area contributed by atoms with Gasteiger partial charge in [0.1, 0.15) is 18.1 Å². The first-order chi connectivity index (χ1) is 19.1. The van der Waals surface area contributed by atoms with Crippen LogP contribution in [0.2, 0.25) is 0 Å². The highest BCUT2D eigenvalue weighted by atomic mass is 32.2. The van der Waals surface area contributed by atoms with Gasteiger partial charge in [-0.1, -0.05) is 36.8 Å². The number of aliphatic carboxylic acids is 1. The van der Waals surface area contributed by atoms with Crippen LogP contribution in [0.1, 0.15) is 44.1 Å². The van der Waals surface area contributed by atoms with E-state index in [1.807, 2.05) is 36.6 Å². The summed E-state index contributed by atoms with van der Waals surface area (Å²) in [7, 11) is 0. The van der Waals surface area contributed by atoms with E-state index in [4.69, 9.17) is 22.9 Å². The Kier molecular flexibility index (Phi) is 17.0. The molecule has 0 saturated carbocycles. The number of carboxylic acids is 1. The van der Waals surface area contributed by atoms with Gasteiger partial charge in [0.2, 0.25) is 17.7 Å². The van der Waals surface area contributed by atoms with Crippen LogP contribution in [-0.2, 0) is 25.6 Å². The monoisotopic (exact) mass is 580 g/mol. The zero-order valence-corrected chi connectivity index (χ0v) is 23.8. The highest BCUT2D eigenvalue weighted by molar-refractivity contribution is 7.98. The van der Waals surface area contributed by atoms with Gasteiger partial charge < -0.3 is 44.0 Å². The second kappa shape index (κ2) is 19.7. The number of carbonyl (C=O) groups excluding carboxylic acids is 3. The normalized spacial score (nSPS) is 13.8. The van der Waals surface area contributed by atoms with E-state index in [9.17, 15) is 24.3 Å². The van der Waals surface area contributed by atoms with Crippen LogP contribution in [0.15, 0.2) is 35.3 Å². The van der Waals surface area contributed by atoms with Crippen LogP contribution in [0, 0.1) is 0 Å². The molecule has 13 nitrogen and oxygen atoms in total. The van der Waals surface area contributed by atoms with Crippen molar-refractivity contribution >= 4 is 41.4 Å². The highest BCUT2D eigenvalue weighted by Gasteiger charge is 2.30. The summed E-state index contributed by atoms with van der Waals surface area (Å²) in [5.41, 5.74) is 23.1. The molecule has 0 aliphatic rings. The van der Waals surface area contributed by atoms with Gasteiger partial charge in [0.15, 0.2) is 5.96 Å². The third kappa shape index (κ3) is 14.1. The summed E-state index contributed by atoms with van der Waals surface area (Å²) in [6, 6.07) is 5.01. The fraction of sp³-hybridized carbons (Fsp3) is 0.577. The van der Waals surface area contributed by atoms with E-state index in [1.54, 1.807) is 0 Å². The maximum atomic E-state index is 13.5. The third-order valence-corrected chi connectivity index (χ3v) is 6.67. The SMILES string of the molecule is CSCCC(NC(=O)C(CCCN=C(N)N)NC(=O)C(Cc1ccccc1)NC(=O)C(N)CCCCN)C(=O)O. The molecule has 4 atom stereocenters. The topological polar surface area (TPSA) is 241 Å². The molecule has 3 amide bonds. The number of guanidine groups is 1. The molecule has 12 N–H and O–H groups in total. The van der Waals surface area contributed by atoms with Crippen molar-refractivity contribution in [2.24, 2.45) is 27.9 Å². The molecule has 0 heterocycles. The summed E-state index contributed by atoms with van der Waals surface area (Å²) >= 11 is 1.45. The Balaban J connectivity index is 3.10. The van der Waals surface area contributed by atoms with Gasteiger partial charge in [-0.25, -0.2) is 4.79 Å². The minimum atomic E-state index is -1.18. The number of carboxylic acid groups (broad SMARTS) is 1. The van der Waals surface area contributed by atoms with Crippen molar-refractivity contribution < 1.29 is 24.3 Å². The minimum Gasteiger partial charge on any atom is -0.480 e. The number of rotatable bonds is 20. The number of benzene rings is 1. The fourth-order valence-corrected chi connectivity index (χ4v) is 4.26. The fourth-order valence-electron chi connectivity index (χ4n) is 3.79. The number of nitrogens with two attached hydrogens (primary N) is 4. The molecular formula is C26H44N8O5S. The molecule has 40 heavy (non-hydrogen) atoms. The Morgan fingerprint density at radius 2 is 1.50 bits per heavy atom. The Labute approximate surface area is 239 Å². The zero-order valence-electron chi connectivity index (χ0n) is 23.0. The summed E-state index contributed by atoms with van der Waals surface area (Å²) in [4.78, 5) is 55.0. The molecule has 0 radical (unpaired) electrons. The van der Waals surface area contributed by atoms with Gasteiger partial charge >= 0.3 is 5.97 Å². The van der Waals surface area contributed by atoms with E-state index in [-0.39, 0.29) is 31.8 Å². The van der Waals surface area contributed by atoms with E-state index in [2.05, 4.69) is 20.9 Å². The molecule has 0 fully saturated rings. The average Bonchev–Trinajstić information content (AvgIpc) is 2.92. The van der Waals surface area contributed by atoms with Crippen molar-refractivity contribution in [2.75, 3.05) is 25.1 Å². The first-order valence-corrected chi connectivity index (χ1v) is 14.7. The largest absolute Gasteiger partial charge is 0.480 e. The molecule has 14 heteroatoms. The molecule has 1 aromatic carbocycles. The third-order valence-electron chi connectivity index (χ3n) is 6.03. The van der Waals surface area contributed by atoms with Crippen LogP contribution in [0.4, 0.5) is 0 Å². The van der Waals surface area contributed by atoms with E-state index < -0.39 is 47.9 Å². The number of carbonyl (C=O) groups is 4. The Morgan fingerprint density at radius 3 is 2.10 bits per heavy atom. The van der Waals surface area contributed by atoms with Crippen LogP contribution in [0.3, 0.4) is 0 Å². The van der Waals surface area contributed by atoms with Crippen LogP contribution >= 0.6 is 11.8 Å². The number of aliphatic imine (C=N–C) groups is 1. The quantitative estimate of drug-likeness (QED) is 0.0533. The van der Waals surface area contributed by atoms with Crippen molar-refractivity contribution in [3.05, 3.63) is 35.9 Å². The molecule has 0 aliphatic carbocycles. The number of hydrogen-bond acceptors (Lipinski definition) is 8. The predicted molar refractivity (Wildman–Crippen MR) is 157 cm³/mol. The van der Waals surface area contributed by atoms with Crippen molar-refractivity contribution in [3.8, 4) is 0 Å². The molecular weight excluding hydrogens is 536 g/mol. The highest BCUT2D eigenvalue weighted by Crippen LogP contribution is 2.08. The zero-order chi connectivity index (χ0) is 29.9. The summed E-state index contributed by atoms with van der Waals surface area (Å²) in [6.45, 7) is 0.693. The van der Waals surface area contributed by atoms with Gasteiger partial charge in [-0.2, -0.15) is 11.8 Å². The second-order valence-electron chi connectivity index (χ2n) is 9.33. The molecule has 4 unspecified atom stereocenters. The molecule has 0 bridgehead atoms. The van der Waals surface area contributed by atoms with Gasteiger partial charge in [-0.05, 0) is 56.2 Å². The van der Waals surface area contributed by atoms with E-state index in [1.165, 1.54) is 11.8 Å². The standard InChI is InChI=1S/C26H44N8O5S/c1-40-15-12-20(25(38)39)33-23(36)19(11-7-14-31-26(29)30)32-24(37)21(16-17-8-3-2-4-9-17)34-22(35)18(28)10-5-6-13-27/h2-4,8-9,18-21H,5-7,10-16,27-28H2,1H3,(H,32,37)(H,33,36)(H,34,35)(H,38,39)(H4,29,30,31). The van der Waals surface area contributed by atoms with Gasteiger partial charge in [0.25, 0.3) is 0 Å². The Bertz CT molecular complexity index is 962. The van der Waals surface area contributed by atoms with Crippen molar-refractivity contribution in [1.29, 1.82) is 0 Å². The van der Waals surface area contributed by atoms with Gasteiger partial charge in [-0.3, -0.25) is 19.4 Å². The Hall–Kier alpha value is -3.36. The predicted octanol–water partition coefficient (Wildman–Crippen LogP) is -0.969. The van der Waals surface area contributed by atoms with Crippen LogP contribution < -0.4 is 38.9 Å². The van der Waals surface area contributed by atoms with Crippen LogP contribution in [-0.4, -0.2) is 84.0 Å². The molecule has 1 aromatic rings. The molecule has 0 saturated heterocycles. The number of nitrogens with zero attached hydrogens (tertiary/aromatic N) is 1. The molecule has 0 aliphatic heterocycles. The van der Waals surface area contributed by atoms with Crippen LogP contribution in [0.5, 0.6) is 0 Å². The maximum Gasteiger partial charge on any atom is 0.326 e. The molecule has 0 spiro atoms. The van der Waals surface area contributed by atoms with E-state index in [0.29, 0.717) is 31.6 Å². The van der Waals surface area contributed by atoms with Gasteiger partial charge in [-0.15, -0.1) is 0 Å². The first-order valence-electron chi connectivity index (χ1n) is 13.3. The second-order valence-corrected chi connectivity index (χ2v) is 10.3. The molecule has 1 rings (SSSR count). The number of thioether (sulfide) groups is 1. The summed E-state index contributed by atoms with van der Waals surface area (Å²) in [6.07, 6.45) is 4.46. The lowest BCUT2D eigenvalue weighted by Gasteiger charge is -2.25. The lowest BCUT2D eigenvalue weighted by atomic mass is 10.0. The molecule has 0 aromatic heterocycles. The van der Waals surface area contributed by atoms with Crippen molar-refractivity contribution in [2.45, 2.75) is 69.1 Å². The van der Waals surface area contributed by atoms with Crippen molar-refractivity contribution in [3.63, 3.8) is 0 Å². The number of nitrogens with one attached hydrogen (secondary N) is 3. The van der Waals surface area contributed by atoms with E-state index >= 15 is 0 Å². The smallest absolute Gasteiger partial charge is 0.326 e. The lowest BCUT2D eigenvalue weighted by molar-refractivity contribution is -0.142. The number of hydrogen-bond donors (Lipinski definition) is 8. The summed E-state index contributed by atoms with van der Waals surface area (Å²) < 4.78 is 0. The number of amides is 3. The average molecular weight is 581 g/mol. The summed E-state index contributed by atoms with van der Waals surface area (Å²) in [5.74, 6) is -2.52. The minimum absolute atomic E-state index is 0.110. The van der Waals surface area contributed by atoms with Crippen molar-refractivity contribution in [1.82, 2.24) is 16.0 Å². The van der Waals surface area contributed by atoms with E-state index in [0.717, 1.165) is 12.0 Å².